The van der Waals surface area contributed by atoms with Crippen LogP contribution in [0.3, 0.4) is 0 Å². The van der Waals surface area contributed by atoms with E-state index in [-0.39, 0.29) is 59.5 Å². The van der Waals surface area contributed by atoms with E-state index >= 15 is 8.78 Å². The van der Waals surface area contributed by atoms with E-state index in [9.17, 15) is 9.90 Å². The average molecular weight is 606 g/mol. The van der Waals surface area contributed by atoms with E-state index in [1.165, 1.54) is 16.6 Å². The maximum absolute atomic E-state index is 15.4. The minimum Gasteiger partial charge on any atom is -0.385 e. The minimum atomic E-state index is -1.34. The normalized spacial score (nSPS) is 23.4. The summed E-state index contributed by atoms with van der Waals surface area (Å²) in [7, 11) is 1.80. The molecule has 4 aromatic rings. The Hall–Kier alpha value is -4.00. The van der Waals surface area contributed by atoms with E-state index in [4.69, 9.17) is 10.5 Å². The first kappa shape index (κ1) is 30.0. The molecule has 0 unspecified atom stereocenters. The molecule has 1 aliphatic heterocycles. The SMILES string of the molecule is CC(=O)N(C)[C@@H]1[C@H](N)C[C@H](c2ccncc2Nc2ncc3ccc(-c4c(F)cc(C5(O)CCOCC5)cc4F)nn23)C[C@@H]1C. The number of nitrogens with two attached hydrogens (primary N) is 1. The van der Waals surface area contributed by atoms with Gasteiger partial charge in [0.1, 0.15) is 11.6 Å². The van der Waals surface area contributed by atoms with E-state index in [0.29, 0.717) is 31.1 Å². The number of rotatable bonds is 6. The van der Waals surface area contributed by atoms with Gasteiger partial charge in [-0.15, -0.1) is 0 Å². The number of imidazole rings is 1. The fourth-order valence-electron chi connectivity index (χ4n) is 6.88. The van der Waals surface area contributed by atoms with Crippen molar-refractivity contribution in [2.24, 2.45) is 11.7 Å². The molecule has 1 aliphatic carbocycles. The highest BCUT2D eigenvalue weighted by atomic mass is 19.1. The van der Waals surface area contributed by atoms with Gasteiger partial charge in [-0.2, -0.15) is 9.61 Å². The molecule has 4 heterocycles. The third-order valence-corrected chi connectivity index (χ3v) is 9.26. The number of benzene rings is 1. The Morgan fingerprint density at radius 1 is 1.16 bits per heavy atom. The van der Waals surface area contributed by atoms with Gasteiger partial charge < -0.3 is 25.8 Å². The summed E-state index contributed by atoms with van der Waals surface area (Å²) in [5.41, 5.74) is 7.61. The Labute approximate surface area is 254 Å². The van der Waals surface area contributed by atoms with Crippen LogP contribution in [0, 0.1) is 17.6 Å². The first-order valence-corrected chi connectivity index (χ1v) is 14.9. The Morgan fingerprint density at radius 3 is 2.57 bits per heavy atom. The Morgan fingerprint density at radius 2 is 1.89 bits per heavy atom. The van der Waals surface area contributed by atoms with Crippen LogP contribution in [-0.2, 0) is 15.1 Å². The Kier molecular flexibility index (Phi) is 8.08. The van der Waals surface area contributed by atoms with E-state index in [0.717, 1.165) is 17.7 Å². The maximum Gasteiger partial charge on any atom is 0.229 e. The molecule has 2 fully saturated rings. The third kappa shape index (κ3) is 5.53. The number of hydrogen-bond acceptors (Lipinski definition) is 8. The molecular weight excluding hydrogens is 568 g/mol. The van der Waals surface area contributed by atoms with Gasteiger partial charge in [0.15, 0.2) is 0 Å². The van der Waals surface area contributed by atoms with Crippen LogP contribution in [0.4, 0.5) is 20.4 Å². The Balaban J connectivity index is 1.29. The lowest BCUT2D eigenvalue weighted by Gasteiger charge is -2.43. The van der Waals surface area contributed by atoms with Crippen molar-refractivity contribution in [3.05, 3.63) is 71.7 Å². The number of nitrogens with zero attached hydrogens (tertiary/aromatic N) is 5. The second-order valence-electron chi connectivity index (χ2n) is 12.1. The molecule has 3 aromatic heterocycles. The van der Waals surface area contributed by atoms with Crippen LogP contribution in [0.25, 0.3) is 16.8 Å². The van der Waals surface area contributed by atoms with Crippen LogP contribution in [0.2, 0.25) is 0 Å². The number of fused-ring (bicyclic) bond motifs is 1. The zero-order chi connectivity index (χ0) is 31.2. The monoisotopic (exact) mass is 605 g/mol. The lowest BCUT2D eigenvalue weighted by Crippen LogP contribution is -2.54. The van der Waals surface area contributed by atoms with E-state index in [1.54, 1.807) is 49.6 Å². The molecule has 0 radical (unpaired) electrons. The minimum absolute atomic E-state index is 0.00702. The Bertz CT molecular complexity index is 1650. The van der Waals surface area contributed by atoms with Gasteiger partial charge in [0.25, 0.3) is 0 Å². The molecule has 10 nitrogen and oxygen atoms in total. The largest absolute Gasteiger partial charge is 0.385 e. The number of pyridine rings is 1. The molecule has 0 spiro atoms. The molecular formula is C32H37F2N7O3. The molecule has 2 aliphatic rings. The van der Waals surface area contributed by atoms with E-state index in [1.807, 2.05) is 6.07 Å². The number of aliphatic hydroxyl groups is 1. The summed E-state index contributed by atoms with van der Waals surface area (Å²) in [6.07, 6.45) is 7.10. The van der Waals surface area contributed by atoms with Crippen molar-refractivity contribution in [3.63, 3.8) is 0 Å². The molecule has 4 N–H and O–H groups in total. The number of likely N-dealkylation sites (N-methyl/N-ethyl adjacent to an activating group) is 1. The van der Waals surface area contributed by atoms with Crippen LogP contribution in [0.15, 0.2) is 48.9 Å². The highest BCUT2D eigenvalue weighted by molar-refractivity contribution is 5.73. The van der Waals surface area contributed by atoms with E-state index < -0.39 is 17.2 Å². The molecule has 0 bridgehead atoms. The summed E-state index contributed by atoms with van der Waals surface area (Å²) in [5.74, 6) is -0.984. The van der Waals surface area contributed by atoms with Gasteiger partial charge in [-0.3, -0.25) is 9.78 Å². The second-order valence-corrected chi connectivity index (χ2v) is 12.1. The average Bonchev–Trinajstić information content (AvgIpc) is 3.38. The van der Waals surface area contributed by atoms with E-state index in [2.05, 4.69) is 27.3 Å². The van der Waals surface area contributed by atoms with Gasteiger partial charge >= 0.3 is 0 Å². The predicted octanol–water partition coefficient (Wildman–Crippen LogP) is 4.50. The molecule has 12 heteroatoms. The van der Waals surface area contributed by atoms with Gasteiger partial charge in [-0.25, -0.2) is 13.8 Å². The molecule has 1 amide bonds. The van der Waals surface area contributed by atoms with Crippen molar-refractivity contribution in [1.29, 1.82) is 0 Å². The lowest BCUT2D eigenvalue weighted by atomic mass is 9.73. The lowest BCUT2D eigenvalue weighted by molar-refractivity contribution is -0.131. The fourth-order valence-corrected chi connectivity index (χ4v) is 6.88. The fraction of sp³-hybridized carbons (Fsp3) is 0.438. The highest BCUT2D eigenvalue weighted by Crippen LogP contribution is 2.41. The van der Waals surface area contributed by atoms with Crippen LogP contribution < -0.4 is 11.1 Å². The summed E-state index contributed by atoms with van der Waals surface area (Å²) in [4.78, 5) is 22.6. The topological polar surface area (TPSA) is 131 Å². The smallest absolute Gasteiger partial charge is 0.229 e. The summed E-state index contributed by atoms with van der Waals surface area (Å²) >= 11 is 0. The number of anilines is 2. The summed E-state index contributed by atoms with van der Waals surface area (Å²) in [6, 6.07) is 7.30. The summed E-state index contributed by atoms with van der Waals surface area (Å²) in [6.45, 7) is 4.31. The number of halogens is 2. The molecule has 1 aromatic carbocycles. The van der Waals surface area contributed by atoms with Crippen molar-refractivity contribution in [2.45, 2.75) is 63.1 Å². The number of carbonyl (C=O) groups is 1. The van der Waals surface area contributed by atoms with Crippen LogP contribution in [-0.4, -0.2) is 67.8 Å². The molecule has 1 saturated heterocycles. The number of ether oxygens (including phenoxy) is 1. The van der Waals surface area contributed by atoms with Gasteiger partial charge in [-0.05, 0) is 66.1 Å². The zero-order valence-electron chi connectivity index (χ0n) is 25.0. The van der Waals surface area contributed by atoms with Crippen molar-refractivity contribution in [3.8, 4) is 11.3 Å². The number of hydrogen-bond donors (Lipinski definition) is 3. The van der Waals surface area contributed by atoms with Crippen molar-refractivity contribution >= 4 is 23.1 Å². The van der Waals surface area contributed by atoms with Crippen molar-refractivity contribution in [2.75, 3.05) is 25.6 Å². The molecule has 4 atom stereocenters. The number of amides is 1. The van der Waals surface area contributed by atoms with Gasteiger partial charge in [0, 0.05) is 58.3 Å². The van der Waals surface area contributed by atoms with Crippen LogP contribution in [0.5, 0.6) is 0 Å². The molecule has 44 heavy (non-hydrogen) atoms. The predicted molar refractivity (Wildman–Crippen MR) is 161 cm³/mol. The standard InChI is InChI=1S/C32H37F2N7O3/c1-18-12-20(13-26(35)30(18)40(3)19(2)42)23-6-9-36-17-28(23)38-31-37-16-22-4-5-27(39-41(22)31)29-24(33)14-21(15-25(29)34)32(43)7-10-44-11-8-32/h4-6,9,14-18,20,26,30,43H,7-8,10-13,35H2,1-3H3,(H,37,38)/t18-,20+,26+,30-/m0/s1. The van der Waals surface area contributed by atoms with Crippen molar-refractivity contribution in [1.82, 2.24) is 24.5 Å². The van der Waals surface area contributed by atoms with Crippen LogP contribution >= 0.6 is 0 Å². The number of nitrogens with one attached hydrogen (secondary N) is 1. The number of carbonyl (C=O) groups excluding carboxylic acids is 1. The van der Waals surface area contributed by atoms with Crippen molar-refractivity contribution < 1.29 is 23.4 Å². The van der Waals surface area contributed by atoms with Gasteiger partial charge in [0.05, 0.1) is 40.5 Å². The van der Waals surface area contributed by atoms with Gasteiger partial charge in [-0.1, -0.05) is 6.92 Å². The summed E-state index contributed by atoms with van der Waals surface area (Å²) < 4.78 is 37.7. The maximum atomic E-state index is 15.4. The number of aromatic nitrogens is 4. The van der Waals surface area contributed by atoms with Crippen LogP contribution in [0.1, 0.15) is 56.6 Å². The first-order valence-electron chi connectivity index (χ1n) is 14.9. The first-order chi connectivity index (χ1) is 21.1. The zero-order valence-corrected chi connectivity index (χ0v) is 25.0. The highest BCUT2D eigenvalue weighted by Gasteiger charge is 2.38. The second kappa shape index (κ2) is 11.8. The third-order valence-electron chi connectivity index (χ3n) is 9.26. The quantitative estimate of drug-likeness (QED) is 0.293. The molecule has 1 saturated carbocycles. The van der Waals surface area contributed by atoms with Gasteiger partial charge in [0.2, 0.25) is 11.9 Å². The molecule has 232 valence electrons. The summed E-state index contributed by atoms with van der Waals surface area (Å²) in [5, 5.41) is 18.8. The molecule has 6 rings (SSSR count).